The Hall–Kier alpha value is -0.920. The molecule has 0 spiro atoms. The molecular formula is C19H28O2. The lowest BCUT2D eigenvalue weighted by molar-refractivity contribution is 0.0900. The van der Waals surface area contributed by atoms with Gasteiger partial charge in [-0.05, 0) is 69.1 Å². The summed E-state index contributed by atoms with van der Waals surface area (Å²) < 4.78 is 0. The number of allylic oxidation sites excluding steroid dienone is 3. The van der Waals surface area contributed by atoms with E-state index < -0.39 is 0 Å². The molecular weight excluding hydrogens is 260 g/mol. The molecule has 0 aromatic heterocycles. The molecule has 0 heterocycles. The van der Waals surface area contributed by atoms with Gasteiger partial charge in [-0.15, -0.1) is 0 Å². The normalized spacial score (nSPS) is 46.2. The van der Waals surface area contributed by atoms with Crippen LogP contribution >= 0.6 is 0 Å². The van der Waals surface area contributed by atoms with Crippen LogP contribution in [-0.2, 0) is 0 Å². The van der Waals surface area contributed by atoms with Gasteiger partial charge in [-0.25, -0.2) is 0 Å². The molecule has 4 aliphatic carbocycles. The van der Waals surface area contributed by atoms with Gasteiger partial charge in [0.25, 0.3) is 0 Å². The van der Waals surface area contributed by atoms with Crippen LogP contribution in [0.3, 0.4) is 0 Å². The van der Waals surface area contributed by atoms with E-state index in [-0.39, 0.29) is 11.2 Å². The average Bonchev–Trinajstić information content (AvgIpc) is 2.86. The van der Waals surface area contributed by atoms with Crippen LogP contribution in [0.4, 0.5) is 0 Å². The third-order valence-corrected chi connectivity index (χ3v) is 7.54. The van der Waals surface area contributed by atoms with Gasteiger partial charge in [0.05, 0.1) is 5.41 Å². The van der Waals surface area contributed by atoms with Crippen molar-refractivity contribution in [2.75, 3.05) is 0 Å². The van der Waals surface area contributed by atoms with Gasteiger partial charge in [-0.1, -0.05) is 24.5 Å². The quantitative estimate of drug-likeness (QED) is 0.584. The van der Waals surface area contributed by atoms with E-state index >= 15 is 0 Å². The molecule has 2 heteroatoms. The molecule has 0 unspecified atom stereocenters. The Bertz CT molecular complexity index is 544. The highest BCUT2D eigenvalue weighted by atomic mass is 16.3. The lowest BCUT2D eigenvalue weighted by Crippen LogP contribution is -2.43. The molecule has 0 amide bonds. The first-order valence-electron chi connectivity index (χ1n) is 8.81. The summed E-state index contributed by atoms with van der Waals surface area (Å²) in [4.78, 5) is 0. The Morgan fingerprint density at radius 2 is 1.71 bits per heavy atom. The smallest absolute Gasteiger partial charge is 0.140 e. The van der Waals surface area contributed by atoms with Gasteiger partial charge in [-0.3, -0.25) is 0 Å². The van der Waals surface area contributed by atoms with Gasteiger partial charge in [0.2, 0.25) is 0 Å². The fourth-order valence-electron chi connectivity index (χ4n) is 6.19. The second-order valence-electron chi connectivity index (χ2n) is 8.37. The molecule has 0 radical (unpaired) electrons. The Morgan fingerprint density at radius 1 is 0.952 bits per heavy atom. The Balaban J connectivity index is 1.85. The molecule has 1 fully saturated rings. The van der Waals surface area contributed by atoms with Crippen molar-refractivity contribution in [3.63, 3.8) is 0 Å². The third-order valence-electron chi connectivity index (χ3n) is 7.54. The second kappa shape index (κ2) is 4.30. The Morgan fingerprint density at radius 3 is 2.52 bits per heavy atom. The first kappa shape index (κ1) is 13.7. The van der Waals surface area contributed by atoms with Crippen LogP contribution in [0.25, 0.3) is 0 Å². The molecule has 4 atom stereocenters. The van der Waals surface area contributed by atoms with Crippen molar-refractivity contribution in [3.8, 4) is 0 Å². The zero-order chi connectivity index (χ0) is 14.8. The van der Waals surface area contributed by atoms with Crippen LogP contribution < -0.4 is 0 Å². The van der Waals surface area contributed by atoms with Crippen molar-refractivity contribution in [3.05, 3.63) is 22.7 Å². The summed E-state index contributed by atoms with van der Waals surface area (Å²) in [7, 11) is 0. The highest BCUT2D eigenvalue weighted by Crippen LogP contribution is 2.63. The zero-order valence-electron chi connectivity index (χ0n) is 13.4. The molecule has 21 heavy (non-hydrogen) atoms. The number of aliphatic hydroxyl groups excluding tert-OH is 2. The lowest BCUT2D eigenvalue weighted by atomic mass is 9.53. The van der Waals surface area contributed by atoms with E-state index in [4.69, 9.17) is 0 Å². The summed E-state index contributed by atoms with van der Waals surface area (Å²) >= 11 is 0. The van der Waals surface area contributed by atoms with E-state index in [2.05, 4.69) is 13.8 Å². The summed E-state index contributed by atoms with van der Waals surface area (Å²) in [5.74, 6) is 1.82. The number of hydrogen-bond donors (Lipinski definition) is 2. The Labute approximate surface area is 127 Å². The molecule has 2 nitrogen and oxygen atoms in total. The summed E-state index contributed by atoms with van der Waals surface area (Å²) in [6.07, 6.45) is 10.6. The lowest BCUT2D eigenvalue weighted by Gasteiger charge is -2.52. The maximum absolute atomic E-state index is 10.7. The first-order valence-corrected chi connectivity index (χ1v) is 8.81. The van der Waals surface area contributed by atoms with E-state index in [9.17, 15) is 10.2 Å². The number of hydrogen-bond acceptors (Lipinski definition) is 2. The first-order chi connectivity index (χ1) is 9.97. The standard InChI is InChI=1S/C19H28O2/c1-18-10-3-4-14(18)13-7-5-12-6-8-16(20)17(21)19(12,2)15(13)9-11-18/h12,14,20-21H,3-11H2,1-2H3/t12-,14+,18+,19+/m1/s1. The van der Waals surface area contributed by atoms with Crippen molar-refractivity contribution in [2.24, 2.45) is 22.7 Å². The maximum Gasteiger partial charge on any atom is 0.140 e. The molecule has 4 rings (SSSR count). The van der Waals surface area contributed by atoms with Gasteiger partial charge in [0.15, 0.2) is 0 Å². The Kier molecular flexibility index (Phi) is 2.81. The minimum absolute atomic E-state index is 0.252. The van der Waals surface area contributed by atoms with Gasteiger partial charge < -0.3 is 10.2 Å². The van der Waals surface area contributed by atoms with Crippen LogP contribution in [0.1, 0.15) is 71.6 Å². The molecule has 2 N–H and O–H groups in total. The fourth-order valence-corrected chi connectivity index (χ4v) is 6.19. The minimum atomic E-state index is -0.264. The van der Waals surface area contributed by atoms with Gasteiger partial charge >= 0.3 is 0 Å². The molecule has 116 valence electrons. The van der Waals surface area contributed by atoms with E-state index in [1.165, 1.54) is 44.1 Å². The summed E-state index contributed by atoms with van der Waals surface area (Å²) in [5, 5.41) is 20.8. The van der Waals surface area contributed by atoms with Crippen molar-refractivity contribution in [1.29, 1.82) is 0 Å². The van der Waals surface area contributed by atoms with E-state index in [0.717, 1.165) is 18.8 Å². The number of rotatable bonds is 0. The van der Waals surface area contributed by atoms with Crippen molar-refractivity contribution in [2.45, 2.75) is 71.6 Å². The van der Waals surface area contributed by atoms with Crippen LogP contribution in [-0.4, -0.2) is 10.2 Å². The SMILES string of the molecule is C[C@@]12CCC[C@H]1C1=C(CC2)[C@@]2(C)C(O)=C(O)CC[C@H]2CC1. The molecule has 1 saturated carbocycles. The topological polar surface area (TPSA) is 40.5 Å². The van der Waals surface area contributed by atoms with E-state index in [1.807, 2.05) is 0 Å². The zero-order valence-corrected chi connectivity index (χ0v) is 13.4. The molecule has 0 aliphatic heterocycles. The van der Waals surface area contributed by atoms with Gasteiger partial charge in [0.1, 0.15) is 11.5 Å². The number of fused-ring (bicyclic) bond motifs is 4. The van der Waals surface area contributed by atoms with E-state index in [0.29, 0.717) is 23.5 Å². The molecule has 0 aromatic carbocycles. The molecule has 0 saturated heterocycles. The maximum atomic E-state index is 10.7. The predicted molar refractivity (Wildman–Crippen MR) is 84.1 cm³/mol. The van der Waals surface area contributed by atoms with E-state index in [1.54, 1.807) is 5.57 Å². The van der Waals surface area contributed by atoms with Crippen molar-refractivity contribution < 1.29 is 10.2 Å². The molecule has 0 aromatic rings. The third kappa shape index (κ3) is 1.65. The highest BCUT2D eigenvalue weighted by Gasteiger charge is 2.54. The summed E-state index contributed by atoms with van der Waals surface area (Å²) in [5.41, 5.74) is 3.42. The van der Waals surface area contributed by atoms with Gasteiger partial charge in [0, 0.05) is 6.42 Å². The van der Waals surface area contributed by atoms with Crippen LogP contribution in [0.5, 0.6) is 0 Å². The van der Waals surface area contributed by atoms with Gasteiger partial charge in [-0.2, -0.15) is 0 Å². The monoisotopic (exact) mass is 288 g/mol. The number of aliphatic hydroxyl groups is 2. The van der Waals surface area contributed by atoms with Crippen LogP contribution in [0.15, 0.2) is 22.7 Å². The van der Waals surface area contributed by atoms with Crippen LogP contribution in [0, 0.1) is 22.7 Å². The molecule has 4 aliphatic rings. The highest BCUT2D eigenvalue weighted by molar-refractivity contribution is 5.39. The van der Waals surface area contributed by atoms with Crippen LogP contribution in [0.2, 0.25) is 0 Å². The molecule has 0 bridgehead atoms. The fraction of sp³-hybridized carbons (Fsp3) is 0.789. The van der Waals surface area contributed by atoms with Crippen molar-refractivity contribution >= 4 is 0 Å². The van der Waals surface area contributed by atoms with Crippen molar-refractivity contribution in [1.82, 2.24) is 0 Å². The summed E-state index contributed by atoms with van der Waals surface area (Å²) in [6, 6.07) is 0. The second-order valence-corrected chi connectivity index (χ2v) is 8.37. The average molecular weight is 288 g/mol. The predicted octanol–water partition coefficient (Wildman–Crippen LogP) is 5.42. The largest absolute Gasteiger partial charge is 0.509 e. The summed E-state index contributed by atoms with van der Waals surface area (Å²) in [6.45, 7) is 4.69. The minimum Gasteiger partial charge on any atom is -0.509 e.